The van der Waals surface area contributed by atoms with Gasteiger partial charge in [0.15, 0.2) is 0 Å². The van der Waals surface area contributed by atoms with E-state index in [0.717, 1.165) is 0 Å². The average Bonchev–Trinajstić information content (AvgIpc) is 3.53. The van der Waals surface area contributed by atoms with Gasteiger partial charge in [-0.3, -0.25) is 0 Å². The van der Waals surface area contributed by atoms with Gasteiger partial charge < -0.3 is 0 Å². The Morgan fingerprint density at radius 3 is 1.70 bits per heavy atom. The topological polar surface area (TPSA) is 0 Å². The Hall–Kier alpha value is -5.46. The van der Waals surface area contributed by atoms with E-state index in [1.165, 1.54) is 105 Å². The highest BCUT2D eigenvalue weighted by Crippen LogP contribution is 2.55. The lowest BCUT2D eigenvalue weighted by Crippen LogP contribution is -2.14. The summed E-state index contributed by atoms with van der Waals surface area (Å²) >= 11 is 0. The van der Waals surface area contributed by atoms with Gasteiger partial charge in [-0.15, -0.1) is 0 Å². The first-order valence-corrected chi connectivity index (χ1v) is 16.4. The summed E-state index contributed by atoms with van der Waals surface area (Å²) in [5.74, 6) is 0. The Morgan fingerprint density at radius 1 is 0.370 bits per heavy atom. The van der Waals surface area contributed by atoms with Crippen LogP contribution in [0.1, 0.15) is 30.5 Å². The molecule has 0 spiro atoms. The summed E-state index contributed by atoms with van der Waals surface area (Å²) in [5.41, 5.74) is 17.3. The van der Waals surface area contributed by atoms with Crippen molar-refractivity contribution in [3.63, 3.8) is 0 Å². The van der Waals surface area contributed by atoms with E-state index in [1.807, 2.05) is 0 Å². The molecule has 8 aromatic rings. The molecule has 2 aliphatic carbocycles. The summed E-state index contributed by atoms with van der Waals surface area (Å²) in [6.45, 7) is 6.95. The number of aryl methyl sites for hydroxylation is 1. The SMILES string of the molecule is Cc1ccc(-c2c3ccccc3c(-c3ccc4c5c(cccc35)-c3ccccc3-4)c3cc4c(cc23)-c2ccccc2C4(C)C)cc1. The zero-order chi connectivity index (χ0) is 30.7. The standard InChI is InChI=1S/C46H32/c1-27-19-21-28(22-20-27)43-33-14-6-7-15-34(33)45(40-26-42-38(25-39(40)43)31-13-8-9-18-41(31)46(42,2)3)37-24-23-36-30-12-5-4-11-29(30)32-16-10-17-35(37)44(32)36/h4-26H,1-3H3. The molecule has 0 amide bonds. The third kappa shape index (κ3) is 3.29. The highest BCUT2D eigenvalue weighted by atomic mass is 14.4. The van der Waals surface area contributed by atoms with Crippen molar-refractivity contribution in [3.8, 4) is 55.6 Å². The van der Waals surface area contributed by atoms with Crippen LogP contribution in [0.25, 0.3) is 88.0 Å². The minimum atomic E-state index is -0.0866. The van der Waals surface area contributed by atoms with Crippen LogP contribution in [-0.2, 0) is 5.41 Å². The number of hydrogen-bond donors (Lipinski definition) is 0. The molecule has 0 heteroatoms. The van der Waals surface area contributed by atoms with Crippen LogP contribution >= 0.6 is 0 Å². The van der Waals surface area contributed by atoms with Gasteiger partial charge in [-0.1, -0.05) is 147 Å². The molecule has 0 atom stereocenters. The molecule has 10 rings (SSSR count). The Balaban J connectivity index is 1.40. The van der Waals surface area contributed by atoms with Gasteiger partial charge in [0.1, 0.15) is 0 Å². The molecular weight excluding hydrogens is 553 g/mol. The molecule has 0 aliphatic heterocycles. The highest BCUT2D eigenvalue weighted by molar-refractivity contribution is 6.27. The third-order valence-electron chi connectivity index (χ3n) is 10.9. The summed E-state index contributed by atoms with van der Waals surface area (Å²) in [5, 5.41) is 7.93. The molecule has 0 saturated carbocycles. The maximum absolute atomic E-state index is 2.54. The van der Waals surface area contributed by atoms with E-state index in [2.05, 4.69) is 160 Å². The zero-order valence-electron chi connectivity index (χ0n) is 26.3. The second-order valence-corrected chi connectivity index (χ2v) is 13.7. The Bertz CT molecular complexity index is 2570. The van der Waals surface area contributed by atoms with E-state index >= 15 is 0 Å². The van der Waals surface area contributed by atoms with Crippen molar-refractivity contribution < 1.29 is 0 Å². The molecule has 0 radical (unpaired) electrons. The molecule has 2 aliphatic rings. The van der Waals surface area contributed by atoms with Crippen molar-refractivity contribution in [1.29, 1.82) is 0 Å². The highest BCUT2D eigenvalue weighted by Gasteiger charge is 2.36. The summed E-state index contributed by atoms with van der Waals surface area (Å²) in [7, 11) is 0. The normalized spacial score (nSPS) is 13.7. The van der Waals surface area contributed by atoms with E-state index in [1.54, 1.807) is 0 Å². The maximum Gasteiger partial charge on any atom is 0.0159 e. The van der Waals surface area contributed by atoms with Crippen LogP contribution in [0.2, 0.25) is 0 Å². The molecule has 0 aromatic heterocycles. The molecule has 216 valence electrons. The van der Waals surface area contributed by atoms with E-state index in [-0.39, 0.29) is 5.41 Å². The first kappa shape index (κ1) is 25.8. The second-order valence-electron chi connectivity index (χ2n) is 13.7. The summed E-state index contributed by atoms with van der Waals surface area (Å²) in [4.78, 5) is 0. The van der Waals surface area contributed by atoms with Gasteiger partial charge in [-0.05, 0) is 118 Å². The van der Waals surface area contributed by atoms with E-state index in [4.69, 9.17) is 0 Å². The van der Waals surface area contributed by atoms with Crippen LogP contribution in [0, 0.1) is 6.92 Å². The molecule has 8 aromatic carbocycles. The number of fused-ring (bicyclic) bond motifs is 8. The van der Waals surface area contributed by atoms with Gasteiger partial charge in [0.25, 0.3) is 0 Å². The van der Waals surface area contributed by atoms with E-state index < -0.39 is 0 Å². The lowest BCUT2D eigenvalue weighted by atomic mass is 9.79. The van der Waals surface area contributed by atoms with Gasteiger partial charge in [0.05, 0.1) is 0 Å². The van der Waals surface area contributed by atoms with Crippen LogP contribution in [-0.4, -0.2) is 0 Å². The van der Waals surface area contributed by atoms with Gasteiger partial charge >= 0.3 is 0 Å². The van der Waals surface area contributed by atoms with Gasteiger partial charge in [0.2, 0.25) is 0 Å². The number of rotatable bonds is 2. The van der Waals surface area contributed by atoms with Gasteiger partial charge in [-0.2, -0.15) is 0 Å². The first-order chi connectivity index (χ1) is 22.5. The van der Waals surface area contributed by atoms with Crippen LogP contribution < -0.4 is 0 Å². The predicted octanol–water partition coefficient (Wildman–Crippen LogP) is 12.7. The summed E-state index contributed by atoms with van der Waals surface area (Å²) < 4.78 is 0. The fourth-order valence-corrected chi connectivity index (χ4v) is 8.72. The summed E-state index contributed by atoms with van der Waals surface area (Å²) in [6.07, 6.45) is 0. The lowest BCUT2D eigenvalue weighted by molar-refractivity contribution is 0.661. The second kappa shape index (κ2) is 9.05. The molecule has 0 bridgehead atoms. The largest absolute Gasteiger partial charge is 0.0619 e. The van der Waals surface area contributed by atoms with Crippen molar-refractivity contribution in [2.45, 2.75) is 26.2 Å². The smallest absolute Gasteiger partial charge is 0.0159 e. The molecular formula is C46H32. The Kier molecular flexibility index (Phi) is 5.08. The lowest BCUT2D eigenvalue weighted by Gasteiger charge is -2.24. The van der Waals surface area contributed by atoms with E-state index in [9.17, 15) is 0 Å². The predicted molar refractivity (Wildman–Crippen MR) is 197 cm³/mol. The van der Waals surface area contributed by atoms with Gasteiger partial charge in [-0.25, -0.2) is 0 Å². The van der Waals surface area contributed by atoms with Crippen LogP contribution in [0.15, 0.2) is 140 Å². The number of hydrogen-bond acceptors (Lipinski definition) is 0. The van der Waals surface area contributed by atoms with Crippen LogP contribution in [0.5, 0.6) is 0 Å². The number of benzene rings is 8. The monoisotopic (exact) mass is 584 g/mol. The van der Waals surface area contributed by atoms with Crippen molar-refractivity contribution in [2.75, 3.05) is 0 Å². The quantitative estimate of drug-likeness (QED) is 0.177. The summed E-state index contributed by atoms with van der Waals surface area (Å²) in [6, 6.07) is 52.7. The first-order valence-electron chi connectivity index (χ1n) is 16.4. The fourth-order valence-electron chi connectivity index (χ4n) is 8.72. The Labute approximate surface area is 269 Å². The van der Waals surface area contributed by atoms with Crippen molar-refractivity contribution in [3.05, 3.63) is 156 Å². The van der Waals surface area contributed by atoms with Crippen molar-refractivity contribution in [2.24, 2.45) is 0 Å². The van der Waals surface area contributed by atoms with Crippen molar-refractivity contribution in [1.82, 2.24) is 0 Å². The van der Waals surface area contributed by atoms with Crippen LogP contribution in [0.4, 0.5) is 0 Å². The minimum Gasteiger partial charge on any atom is -0.0619 e. The molecule has 0 fully saturated rings. The maximum atomic E-state index is 2.54. The van der Waals surface area contributed by atoms with E-state index in [0.29, 0.717) is 0 Å². The molecule has 0 heterocycles. The van der Waals surface area contributed by atoms with Crippen LogP contribution in [0.3, 0.4) is 0 Å². The third-order valence-corrected chi connectivity index (χ3v) is 10.9. The molecule has 46 heavy (non-hydrogen) atoms. The molecule has 0 N–H and O–H groups in total. The van der Waals surface area contributed by atoms with Gasteiger partial charge in [0, 0.05) is 5.41 Å². The average molecular weight is 585 g/mol. The Morgan fingerprint density at radius 2 is 0.935 bits per heavy atom. The molecule has 0 unspecified atom stereocenters. The van der Waals surface area contributed by atoms with Crippen molar-refractivity contribution >= 4 is 32.3 Å². The molecule has 0 nitrogen and oxygen atoms in total. The minimum absolute atomic E-state index is 0.0866. The zero-order valence-corrected chi connectivity index (χ0v) is 26.3. The fraction of sp³-hybridized carbons (Fsp3) is 0.0870. The molecule has 0 saturated heterocycles.